The van der Waals surface area contributed by atoms with Gasteiger partial charge in [0.05, 0.1) is 11.5 Å². The van der Waals surface area contributed by atoms with Gasteiger partial charge in [-0.3, -0.25) is 14.5 Å². The molecule has 0 aromatic heterocycles. The molecule has 0 spiro atoms. The molecule has 5 heteroatoms. The number of hydrogen-bond acceptors (Lipinski definition) is 3. The number of amides is 2. The lowest BCUT2D eigenvalue weighted by molar-refractivity contribution is -0.136. The van der Waals surface area contributed by atoms with Crippen LogP contribution in [0.25, 0.3) is 0 Å². The van der Waals surface area contributed by atoms with Crippen molar-refractivity contribution in [2.45, 2.75) is 50.1 Å². The van der Waals surface area contributed by atoms with Crippen LogP contribution in [0.3, 0.4) is 0 Å². The Morgan fingerprint density at radius 3 is 2.28 bits per heavy atom. The average Bonchev–Trinajstić information content (AvgIpc) is 3.56. The Hall–Kier alpha value is -1.88. The lowest BCUT2D eigenvalue weighted by Crippen LogP contribution is -2.56. The highest BCUT2D eigenvalue weighted by molar-refractivity contribution is 5.91. The van der Waals surface area contributed by atoms with Gasteiger partial charge in [-0.1, -0.05) is 30.3 Å². The number of benzene rings is 1. The van der Waals surface area contributed by atoms with Crippen molar-refractivity contribution in [2.75, 3.05) is 26.2 Å². The van der Waals surface area contributed by atoms with Gasteiger partial charge in [-0.2, -0.15) is 0 Å². The average molecular weight is 341 g/mol. The molecular weight excluding hydrogens is 314 g/mol. The maximum atomic E-state index is 13.1. The number of piperazine rings is 1. The number of rotatable bonds is 5. The monoisotopic (exact) mass is 341 g/mol. The van der Waals surface area contributed by atoms with Gasteiger partial charge < -0.3 is 10.2 Å². The first-order valence-electron chi connectivity index (χ1n) is 9.49. The molecule has 1 N–H and O–H groups in total. The number of nitrogens with one attached hydrogen (secondary N) is 1. The second-order valence-electron chi connectivity index (χ2n) is 7.74. The SMILES string of the molecule is C[C@@H](C(=O)NC1CC1)N1CCN(C(=O)C2(c3ccccc3)CC2)CC1. The maximum Gasteiger partial charge on any atom is 0.237 e. The van der Waals surface area contributed by atoms with E-state index in [0.717, 1.165) is 44.3 Å². The highest BCUT2D eigenvalue weighted by Gasteiger charge is 2.53. The van der Waals surface area contributed by atoms with Gasteiger partial charge in [0.2, 0.25) is 11.8 Å². The van der Waals surface area contributed by atoms with Crippen LogP contribution in [0.4, 0.5) is 0 Å². The molecule has 2 aliphatic carbocycles. The highest BCUT2D eigenvalue weighted by atomic mass is 16.2. The summed E-state index contributed by atoms with van der Waals surface area (Å²) in [5, 5.41) is 3.08. The number of carbonyl (C=O) groups excluding carboxylic acids is 2. The molecule has 2 amide bonds. The third-order valence-electron chi connectivity index (χ3n) is 5.94. The van der Waals surface area contributed by atoms with E-state index in [1.54, 1.807) is 0 Å². The minimum absolute atomic E-state index is 0.109. The van der Waals surface area contributed by atoms with Crippen molar-refractivity contribution in [3.8, 4) is 0 Å². The molecule has 1 saturated heterocycles. The van der Waals surface area contributed by atoms with Gasteiger partial charge in [-0.25, -0.2) is 0 Å². The highest BCUT2D eigenvalue weighted by Crippen LogP contribution is 2.49. The molecule has 2 saturated carbocycles. The summed E-state index contributed by atoms with van der Waals surface area (Å²) in [5.74, 6) is 0.402. The quantitative estimate of drug-likeness (QED) is 0.884. The fraction of sp³-hybridized carbons (Fsp3) is 0.600. The Balaban J connectivity index is 1.34. The summed E-state index contributed by atoms with van der Waals surface area (Å²) in [7, 11) is 0. The van der Waals surface area contributed by atoms with Crippen molar-refractivity contribution in [3.63, 3.8) is 0 Å². The molecule has 5 nitrogen and oxygen atoms in total. The van der Waals surface area contributed by atoms with E-state index >= 15 is 0 Å². The molecule has 1 aromatic carbocycles. The van der Waals surface area contributed by atoms with Crippen LogP contribution in [-0.2, 0) is 15.0 Å². The van der Waals surface area contributed by atoms with Crippen molar-refractivity contribution in [1.82, 2.24) is 15.1 Å². The molecule has 3 fully saturated rings. The van der Waals surface area contributed by atoms with Crippen molar-refractivity contribution in [3.05, 3.63) is 35.9 Å². The van der Waals surface area contributed by atoms with Crippen LogP contribution >= 0.6 is 0 Å². The van der Waals surface area contributed by atoms with Crippen LogP contribution in [0.2, 0.25) is 0 Å². The topological polar surface area (TPSA) is 52.7 Å². The third-order valence-corrected chi connectivity index (χ3v) is 5.94. The lowest BCUT2D eigenvalue weighted by atomic mass is 9.94. The smallest absolute Gasteiger partial charge is 0.237 e. The zero-order valence-electron chi connectivity index (χ0n) is 14.9. The Morgan fingerprint density at radius 1 is 1.08 bits per heavy atom. The molecule has 0 radical (unpaired) electrons. The van der Waals surface area contributed by atoms with Gasteiger partial charge in [-0.05, 0) is 38.2 Å². The largest absolute Gasteiger partial charge is 0.352 e. The molecule has 134 valence electrons. The van der Waals surface area contributed by atoms with Gasteiger partial charge >= 0.3 is 0 Å². The van der Waals surface area contributed by atoms with Gasteiger partial charge in [0, 0.05) is 32.2 Å². The Morgan fingerprint density at radius 2 is 1.72 bits per heavy atom. The summed E-state index contributed by atoms with van der Waals surface area (Å²) in [6.07, 6.45) is 4.14. The summed E-state index contributed by atoms with van der Waals surface area (Å²) in [4.78, 5) is 29.5. The minimum atomic E-state index is -0.279. The zero-order chi connectivity index (χ0) is 17.4. The number of hydrogen-bond donors (Lipinski definition) is 1. The Kier molecular flexibility index (Phi) is 4.28. The first kappa shape index (κ1) is 16.6. The molecule has 0 bridgehead atoms. The zero-order valence-corrected chi connectivity index (χ0v) is 14.9. The third kappa shape index (κ3) is 3.30. The number of nitrogens with zero attached hydrogens (tertiary/aromatic N) is 2. The summed E-state index contributed by atoms with van der Waals surface area (Å²) in [6.45, 7) is 4.95. The van der Waals surface area contributed by atoms with E-state index in [1.165, 1.54) is 0 Å². The van der Waals surface area contributed by atoms with Crippen molar-refractivity contribution < 1.29 is 9.59 Å². The first-order chi connectivity index (χ1) is 12.1. The fourth-order valence-corrected chi connectivity index (χ4v) is 3.84. The normalized spacial score (nSPS) is 23.8. The molecule has 1 aromatic rings. The summed E-state index contributed by atoms with van der Waals surface area (Å²) in [6, 6.07) is 10.5. The Bertz CT molecular complexity index is 644. The van der Waals surface area contributed by atoms with Gasteiger partial charge in [0.25, 0.3) is 0 Å². The van der Waals surface area contributed by atoms with Gasteiger partial charge in [0.1, 0.15) is 0 Å². The van der Waals surface area contributed by atoms with Crippen LogP contribution < -0.4 is 5.32 Å². The van der Waals surface area contributed by atoms with E-state index in [2.05, 4.69) is 22.3 Å². The minimum Gasteiger partial charge on any atom is -0.352 e. The van der Waals surface area contributed by atoms with Crippen LogP contribution in [-0.4, -0.2) is 59.9 Å². The van der Waals surface area contributed by atoms with Crippen molar-refractivity contribution in [1.29, 1.82) is 0 Å². The van der Waals surface area contributed by atoms with E-state index in [0.29, 0.717) is 19.1 Å². The molecular formula is C20H27N3O2. The van der Waals surface area contributed by atoms with Crippen molar-refractivity contribution in [2.24, 2.45) is 0 Å². The Labute approximate surface area is 149 Å². The molecule has 1 aliphatic heterocycles. The molecule has 1 heterocycles. The van der Waals surface area contributed by atoms with Gasteiger partial charge in [0.15, 0.2) is 0 Å². The van der Waals surface area contributed by atoms with E-state index in [9.17, 15) is 9.59 Å². The summed E-state index contributed by atoms with van der Waals surface area (Å²) >= 11 is 0. The predicted molar refractivity (Wildman–Crippen MR) is 96.1 cm³/mol. The summed E-state index contributed by atoms with van der Waals surface area (Å²) < 4.78 is 0. The van der Waals surface area contributed by atoms with E-state index < -0.39 is 0 Å². The number of carbonyl (C=O) groups is 2. The molecule has 1 atom stereocenters. The molecule has 25 heavy (non-hydrogen) atoms. The van der Waals surface area contributed by atoms with Crippen LogP contribution in [0, 0.1) is 0 Å². The van der Waals surface area contributed by atoms with Crippen LogP contribution in [0.5, 0.6) is 0 Å². The van der Waals surface area contributed by atoms with Crippen molar-refractivity contribution >= 4 is 11.8 Å². The van der Waals surface area contributed by atoms with Gasteiger partial charge in [-0.15, -0.1) is 0 Å². The van der Waals surface area contributed by atoms with Crippen LogP contribution in [0.15, 0.2) is 30.3 Å². The van der Waals surface area contributed by atoms with Crippen LogP contribution in [0.1, 0.15) is 38.2 Å². The molecule has 0 unspecified atom stereocenters. The van der Waals surface area contributed by atoms with E-state index in [-0.39, 0.29) is 23.3 Å². The lowest BCUT2D eigenvalue weighted by Gasteiger charge is -2.39. The first-order valence-corrected chi connectivity index (χ1v) is 9.49. The predicted octanol–water partition coefficient (Wildman–Crippen LogP) is 1.53. The molecule has 4 rings (SSSR count). The standard InChI is InChI=1S/C20H27N3O2/c1-15(18(24)21-17-7-8-17)22-11-13-23(14-12-22)19(25)20(9-10-20)16-5-3-2-4-6-16/h2-6,15,17H,7-14H2,1H3,(H,21,24)/t15-/m0/s1. The maximum absolute atomic E-state index is 13.1. The van der Waals surface area contributed by atoms with E-state index in [4.69, 9.17) is 0 Å². The molecule has 3 aliphatic rings. The second-order valence-corrected chi connectivity index (χ2v) is 7.74. The summed E-state index contributed by atoms with van der Waals surface area (Å²) in [5.41, 5.74) is 0.873. The fourth-order valence-electron chi connectivity index (χ4n) is 3.84. The van der Waals surface area contributed by atoms with E-state index in [1.807, 2.05) is 30.0 Å². The second kappa shape index (κ2) is 6.45.